The lowest BCUT2D eigenvalue weighted by Crippen LogP contribution is -2.02. The van der Waals surface area contributed by atoms with Crippen LogP contribution in [0.5, 0.6) is 0 Å². The first-order valence-corrected chi connectivity index (χ1v) is 5.71. The van der Waals surface area contributed by atoms with E-state index in [1.165, 1.54) is 0 Å². The first kappa shape index (κ1) is 10.7. The second-order valence-corrected chi connectivity index (χ2v) is 4.22. The minimum atomic E-state index is 0.684. The van der Waals surface area contributed by atoms with Gasteiger partial charge in [0.05, 0.1) is 29.6 Å². The second kappa shape index (κ2) is 4.10. The maximum atomic E-state index is 5.74. The van der Waals surface area contributed by atoms with Crippen LogP contribution < -0.4 is 5.73 Å². The molecular formula is C13H13N5. The summed E-state index contributed by atoms with van der Waals surface area (Å²) >= 11 is 0. The van der Waals surface area contributed by atoms with Crippen molar-refractivity contribution in [3.63, 3.8) is 0 Å². The van der Waals surface area contributed by atoms with Crippen molar-refractivity contribution in [2.45, 2.75) is 13.5 Å². The molecule has 90 valence electrons. The Morgan fingerprint density at radius 1 is 1.22 bits per heavy atom. The van der Waals surface area contributed by atoms with Gasteiger partial charge in [-0.3, -0.25) is 0 Å². The van der Waals surface area contributed by atoms with Gasteiger partial charge < -0.3 is 10.3 Å². The van der Waals surface area contributed by atoms with Gasteiger partial charge in [0.2, 0.25) is 0 Å². The summed E-state index contributed by atoms with van der Waals surface area (Å²) in [5.74, 6) is 0.779. The van der Waals surface area contributed by atoms with E-state index < -0.39 is 0 Å². The normalized spacial score (nSPS) is 10.9. The number of nitrogens with zero attached hydrogens (tertiary/aromatic N) is 4. The first-order chi connectivity index (χ1) is 8.72. The lowest BCUT2D eigenvalue weighted by Gasteiger charge is -2.04. The maximum Gasteiger partial charge on any atom is 0.125 e. The van der Waals surface area contributed by atoms with Crippen molar-refractivity contribution in [3.05, 3.63) is 48.3 Å². The summed E-state index contributed by atoms with van der Waals surface area (Å²) in [6.45, 7) is 2.57. The first-order valence-electron chi connectivity index (χ1n) is 5.71. The van der Waals surface area contributed by atoms with Crippen LogP contribution in [0.1, 0.15) is 11.5 Å². The van der Waals surface area contributed by atoms with E-state index in [4.69, 9.17) is 5.73 Å². The van der Waals surface area contributed by atoms with Crippen LogP contribution in [0.3, 0.4) is 0 Å². The average molecular weight is 239 g/mol. The fraction of sp³-hybridized carbons (Fsp3) is 0.154. The van der Waals surface area contributed by atoms with Gasteiger partial charge >= 0.3 is 0 Å². The van der Waals surface area contributed by atoms with Crippen LogP contribution in [0.4, 0.5) is 5.69 Å². The van der Waals surface area contributed by atoms with Gasteiger partial charge in [0.1, 0.15) is 5.82 Å². The lowest BCUT2D eigenvalue weighted by atomic mass is 10.3. The van der Waals surface area contributed by atoms with Gasteiger partial charge in [0.25, 0.3) is 0 Å². The van der Waals surface area contributed by atoms with E-state index in [0.29, 0.717) is 6.54 Å². The predicted octanol–water partition coefficient (Wildman–Crippen LogP) is 1.77. The molecule has 1 aromatic carbocycles. The van der Waals surface area contributed by atoms with Gasteiger partial charge in [-0.2, -0.15) is 0 Å². The molecule has 18 heavy (non-hydrogen) atoms. The van der Waals surface area contributed by atoms with Crippen LogP contribution >= 0.6 is 0 Å². The van der Waals surface area contributed by atoms with E-state index in [-0.39, 0.29) is 0 Å². The van der Waals surface area contributed by atoms with Crippen molar-refractivity contribution in [1.29, 1.82) is 0 Å². The molecule has 3 rings (SSSR count). The van der Waals surface area contributed by atoms with Crippen LogP contribution in [0.25, 0.3) is 11.0 Å². The summed E-state index contributed by atoms with van der Waals surface area (Å²) in [6.07, 6.45) is 3.58. The Morgan fingerprint density at radius 2 is 2.11 bits per heavy atom. The van der Waals surface area contributed by atoms with Gasteiger partial charge in [-0.25, -0.2) is 15.0 Å². The van der Waals surface area contributed by atoms with E-state index in [2.05, 4.69) is 19.5 Å². The molecular weight excluding hydrogens is 226 g/mol. The van der Waals surface area contributed by atoms with E-state index in [1.54, 1.807) is 6.20 Å². The molecule has 0 bridgehead atoms. The minimum absolute atomic E-state index is 0.684. The largest absolute Gasteiger partial charge is 0.399 e. The third-order valence-electron chi connectivity index (χ3n) is 2.81. The number of hydrogen-bond acceptors (Lipinski definition) is 4. The molecule has 0 radical (unpaired) electrons. The number of rotatable bonds is 2. The van der Waals surface area contributed by atoms with E-state index in [9.17, 15) is 0 Å². The van der Waals surface area contributed by atoms with E-state index in [0.717, 1.165) is 28.2 Å². The summed E-state index contributed by atoms with van der Waals surface area (Å²) in [5.41, 5.74) is 9.39. The number of imidazole rings is 1. The molecule has 0 spiro atoms. The molecule has 5 nitrogen and oxygen atoms in total. The Balaban J connectivity index is 2.00. The Labute approximate surface area is 104 Å². The fourth-order valence-electron chi connectivity index (χ4n) is 1.97. The summed E-state index contributed by atoms with van der Waals surface area (Å²) < 4.78 is 2.05. The molecule has 2 heterocycles. The molecule has 0 saturated heterocycles. The maximum absolute atomic E-state index is 5.74. The van der Waals surface area contributed by atoms with Crippen molar-refractivity contribution in [2.75, 3.05) is 5.73 Å². The molecule has 0 aliphatic rings. The number of aryl methyl sites for hydroxylation is 1. The number of nitrogens with two attached hydrogens (primary N) is 1. The van der Waals surface area contributed by atoms with E-state index in [1.807, 2.05) is 37.5 Å². The summed E-state index contributed by atoms with van der Waals surface area (Å²) in [5, 5.41) is 0. The van der Waals surface area contributed by atoms with Crippen molar-refractivity contribution in [1.82, 2.24) is 19.5 Å². The molecule has 3 aromatic rings. The molecule has 0 aliphatic heterocycles. The number of anilines is 1. The molecule has 0 amide bonds. The highest BCUT2D eigenvalue weighted by molar-refractivity contribution is 5.78. The zero-order valence-electron chi connectivity index (χ0n) is 10.0. The van der Waals surface area contributed by atoms with Gasteiger partial charge in [-0.15, -0.1) is 0 Å². The van der Waals surface area contributed by atoms with Crippen LogP contribution in [0.15, 0.2) is 36.8 Å². The van der Waals surface area contributed by atoms with Crippen LogP contribution in [0, 0.1) is 6.92 Å². The monoisotopic (exact) mass is 239 g/mol. The topological polar surface area (TPSA) is 69.6 Å². The zero-order valence-corrected chi connectivity index (χ0v) is 10.0. The summed E-state index contributed by atoms with van der Waals surface area (Å²) in [7, 11) is 0. The third kappa shape index (κ3) is 1.90. The SMILES string of the molecule is Cc1nccc(Cn2cnc3cc(N)ccc32)n1. The van der Waals surface area contributed by atoms with Gasteiger partial charge in [-0.1, -0.05) is 0 Å². The molecule has 0 atom stereocenters. The van der Waals surface area contributed by atoms with Crippen molar-refractivity contribution >= 4 is 16.7 Å². The number of aromatic nitrogens is 4. The smallest absolute Gasteiger partial charge is 0.125 e. The molecule has 0 saturated carbocycles. The van der Waals surface area contributed by atoms with Crippen LogP contribution in [-0.2, 0) is 6.54 Å². The Kier molecular flexibility index (Phi) is 2.44. The number of nitrogen functional groups attached to an aromatic ring is 1. The molecule has 0 aliphatic carbocycles. The standard InChI is InChI=1S/C13H13N5/c1-9-15-5-4-11(17-9)7-18-8-16-12-6-10(14)2-3-13(12)18/h2-6,8H,7,14H2,1H3. The molecule has 2 aromatic heterocycles. The van der Waals surface area contributed by atoms with Crippen LogP contribution in [0.2, 0.25) is 0 Å². The highest BCUT2D eigenvalue weighted by Crippen LogP contribution is 2.16. The molecule has 2 N–H and O–H groups in total. The number of benzene rings is 1. The molecule has 0 unspecified atom stereocenters. The van der Waals surface area contributed by atoms with Gasteiger partial charge in [-0.05, 0) is 31.2 Å². The Bertz CT molecular complexity index is 701. The Hall–Kier alpha value is -2.43. The van der Waals surface area contributed by atoms with Gasteiger partial charge in [0, 0.05) is 11.9 Å². The summed E-state index contributed by atoms with van der Waals surface area (Å²) in [6, 6.07) is 7.64. The number of hydrogen-bond donors (Lipinski definition) is 1. The highest BCUT2D eigenvalue weighted by atomic mass is 15.1. The van der Waals surface area contributed by atoms with Crippen molar-refractivity contribution in [3.8, 4) is 0 Å². The van der Waals surface area contributed by atoms with E-state index >= 15 is 0 Å². The Morgan fingerprint density at radius 3 is 2.94 bits per heavy atom. The van der Waals surface area contributed by atoms with Crippen molar-refractivity contribution < 1.29 is 0 Å². The fourth-order valence-corrected chi connectivity index (χ4v) is 1.97. The lowest BCUT2D eigenvalue weighted by molar-refractivity contribution is 0.784. The summed E-state index contributed by atoms with van der Waals surface area (Å²) in [4.78, 5) is 12.8. The zero-order chi connectivity index (χ0) is 12.5. The highest BCUT2D eigenvalue weighted by Gasteiger charge is 2.04. The van der Waals surface area contributed by atoms with Gasteiger partial charge in [0.15, 0.2) is 0 Å². The average Bonchev–Trinajstić information content (AvgIpc) is 2.72. The van der Waals surface area contributed by atoms with Crippen LogP contribution in [-0.4, -0.2) is 19.5 Å². The molecule has 5 heteroatoms. The molecule has 0 fully saturated rings. The predicted molar refractivity (Wildman–Crippen MR) is 70.0 cm³/mol. The second-order valence-electron chi connectivity index (χ2n) is 4.22. The van der Waals surface area contributed by atoms with Crippen molar-refractivity contribution in [2.24, 2.45) is 0 Å². The third-order valence-corrected chi connectivity index (χ3v) is 2.81. The number of fused-ring (bicyclic) bond motifs is 1. The quantitative estimate of drug-likeness (QED) is 0.692. The minimum Gasteiger partial charge on any atom is -0.399 e.